The van der Waals surface area contributed by atoms with E-state index in [9.17, 15) is 14.7 Å². The summed E-state index contributed by atoms with van der Waals surface area (Å²) in [5.74, 6) is -0.123. The van der Waals surface area contributed by atoms with Crippen molar-refractivity contribution in [1.29, 1.82) is 0 Å². The fourth-order valence-electron chi connectivity index (χ4n) is 2.62. The minimum Gasteiger partial charge on any atom is -0.494 e. The number of carbonyl (C=O) groups is 2. The first-order chi connectivity index (χ1) is 10.6. The van der Waals surface area contributed by atoms with E-state index < -0.39 is 17.4 Å². The molecule has 2 rings (SSSR count). The van der Waals surface area contributed by atoms with Crippen molar-refractivity contribution in [2.45, 2.75) is 38.1 Å². The second kappa shape index (κ2) is 7.15. The van der Waals surface area contributed by atoms with Crippen molar-refractivity contribution in [3.8, 4) is 11.5 Å². The Labute approximate surface area is 129 Å². The zero-order valence-corrected chi connectivity index (χ0v) is 12.6. The van der Waals surface area contributed by atoms with Crippen LogP contribution in [0.15, 0.2) is 24.3 Å². The summed E-state index contributed by atoms with van der Waals surface area (Å²) in [7, 11) is 0. The number of carboxylic acids is 1. The fraction of sp³-hybridized carbons (Fsp3) is 0.500. The molecule has 0 atom stereocenters. The number of carboxylic acid groups (broad SMARTS) is 1. The van der Waals surface area contributed by atoms with Crippen molar-refractivity contribution in [1.82, 2.24) is 5.32 Å². The van der Waals surface area contributed by atoms with Crippen LogP contribution in [-0.4, -0.2) is 35.7 Å². The fourth-order valence-corrected chi connectivity index (χ4v) is 2.62. The summed E-state index contributed by atoms with van der Waals surface area (Å²) in [5.41, 5.74) is -1.13. The van der Waals surface area contributed by atoms with Gasteiger partial charge in [-0.05, 0) is 44.0 Å². The number of carbonyl (C=O) groups excluding carboxylic acids is 1. The molecule has 0 unspecified atom stereocenters. The molecule has 22 heavy (non-hydrogen) atoms. The van der Waals surface area contributed by atoms with Crippen molar-refractivity contribution in [3.63, 3.8) is 0 Å². The van der Waals surface area contributed by atoms with Crippen LogP contribution < -0.4 is 14.8 Å². The number of benzene rings is 1. The van der Waals surface area contributed by atoms with Gasteiger partial charge in [-0.3, -0.25) is 4.79 Å². The van der Waals surface area contributed by atoms with E-state index in [1.165, 1.54) is 0 Å². The Hall–Kier alpha value is -2.24. The van der Waals surface area contributed by atoms with E-state index in [1.54, 1.807) is 24.3 Å². The molecular formula is C16H21NO5. The molecule has 0 spiro atoms. The summed E-state index contributed by atoms with van der Waals surface area (Å²) in [4.78, 5) is 23.3. The van der Waals surface area contributed by atoms with Crippen LogP contribution in [0.2, 0.25) is 0 Å². The number of amides is 1. The highest BCUT2D eigenvalue weighted by Gasteiger charge is 2.42. The lowest BCUT2D eigenvalue weighted by atomic mass is 9.98. The summed E-state index contributed by atoms with van der Waals surface area (Å²) in [6.45, 7) is 2.28. The molecule has 1 amide bonds. The normalized spacial score (nSPS) is 16.0. The average molecular weight is 307 g/mol. The minimum absolute atomic E-state index is 0.205. The molecule has 1 aromatic rings. The van der Waals surface area contributed by atoms with E-state index in [2.05, 4.69) is 5.32 Å². The largest absolute Gasteiger partial charge is 0.494 e. The van der Waals surface area contributed by atoms with Crippen LogP contribution >= 0.6 is 0 Å². The molecule has 1 aromatic carbocycles. The topological polar surface area (TPSA) is 84.9 Å². The van der Waals surface area contributed by atoms with Gasteiger partial charge in [0.25, 0.3) is 5.91 Å². The summed E-state index contributed by atoms with van der Waals surface area (Å²) in [5, 5.41) is 11.9. The molecule has 0 bridgehead atoms. The molecule has 6 nitrogen and oxygen atoms in total. The summed E-state index contributed by atoms with van der Waals surface area (Å²) >= 11 is 0. The van der Waals surface area contributed by atoms with Crippen LogP contribution in [0.4, 0.5) is 0 Å². The first kappa shape index (κ1) is 16.1. The number of hydrogen-bond donors (Lipinski definition) is 2. The van der Waals surface area contributed by atoms with E-state index >= 15 is 0 Å². The monoisotopic (exact) mass is 307 g/mol. The van der Waals surface area contributed by atoms with Gasteiger partial charge in [0.15, 0.2) is 6.61 Å². The van der Waals surface area contributed by atoms with Crippen LogP contribution in [0.25, 0.3) is 0 Å². The second-order valence-corrected chi connectivity index (χ2v) is 5.34. The lowest BCUT2D eigenvalue weighted by molar-refractivity contribution is -0.147. The predicted molar refractivity (Wildman–Crippen MR) is 80.1 cm³/mol. The maximum absolute atomic E-state index is 11.9. The number of ether oxygens (including phenoxy) is 2. The Morgan fingerprint density at radius 1 is 1.14 bits per heavy atom. The van der Waals surface area contributed by atoms with Gasteiger partial charge in [0, 0.05) is 0 Å². The number of rotatable bonds is 7. The number of aliphatic carboxylic acids is 1. The van der Waals surface area contributed by atoms with Gasteiger partial charge in [-0.1, -0.05) is 12.8 Å². The van der Waals surface area contributed by atoms with Crippen molar-refractivity contribution in [2.75, 3.05) is 13.2 Å². The third-order valence-electron chi connectivity index (χ3n) is 3.75. The Kier molecular flexibility index (Phi) is 5.25. The lowest BCUT2D eigenvalue weighted by Gasteiger charge is -2.25. The van der Waals surface area contributed by atoms with Gasteiger partial charge in [0.2, 0.25) is 0 Å². The number of hydrogen-bond acceptors (Lipinski definition) is 4. The molecular weight excluding hydrogens is 286 g/mol. The zero-order chi connectivity index (χ0) is 16.0. The Balaban J connectivity index is 1.85. The van der Waals surface area contributed by atoms with E-state index in [4.69, 9.17) is 9.47 Å². The highest BCUT2D eigenvalue weighted by Crippen LogP contribution is 2.29. The van der Waals surface area contributed by atoms with Crippen LogP contribution in [0.3, 0.4) is 0 Å². The molecule has 0 aromatic heterocycles. The van der Waals surface area contributed by atoms with Gasteiger partial charge in [0.05, 0.1) is 6.61 Å². The third kappa shape index (κ3) is 3.90. The third-order valence-corrected chi connectivity index (χ3v) is 3.75. The lowest BCUT2D eigenvalue weighted by Crippen LogP contribution is -2.53. The van der Waals surface area contributed by atoms with Crippen LogP contribution in [0.5, 0.6) is 11.5 Å². The Bertz CT molecular complexity index is 520. The van der Waals surface area contributed by atoms with E-state index in [-0.39, 0.29) is 6.61 Å². The molecule has 2 N–H and O–H groups in total. The molecule has 0 aliphatic heterocycles. The molecule has 120 valence electrons. The van der Waals surface area contributed by atoms with Crippen molar-refractivity contribution < 1.29 is 24.2 Å². The average Bonchev–Trinajstić information content (AvgIpc) is 2.97. The summed E-state index contributed by atoms with van der Waals surface area (Å²) in [6.07, 6.45) is 2.56. The smallest absolute Gasteiger partial charge is 0.329 e. The highest BCUT2D eigenvalue weighted by atomic mass is 16.5. The van der Waals surface area contributed by atoms with Crippen molar-refractivity contribution in [3.05, 3.63) is 24.3 Å². The molecule has 1 saturated carbocycles. The van der Waals surface area contributed by atoms with Gasteiger partial charge in [-0.15, -0.1) is 0 Å². The van der Waals surface area contributed by atoms with Crippen molar-refractivity contribution >= 4 is 11.9 Å². The Morgan fingerprint density at radius 3 is 2.18 bits per heavy atom. The minimum atomic E-state index is -1.13. The van der Waals surface area contributed by atoms with Crippen LogP contribution in [0, 0.1) is 0 Å². The molecule has 6 heteroatoms. The molecule has 0 heterocycles. The highest BCUT2D eigenvalue weighted by molar-refractivity contribution is 5.87. The van der Waals surface area contributed by atoms with Gasteiger partial charge in [0.1, 0.15) is 17.0 Å². The zero-order valence-electron chi connectivity index (χ0n) is 12.6. The van der Waals surface area contributed by atoms with Gasteiger partial charge < -0.3 is 19.9 Å². The quantitative estimate of drug-likeness (QED) is 0.804. The SMILES string of the molecule is CCOc1ccc(OCC(=O)NC2(C(=O)O)CCCC2)cc1. The molecule has 1 fully saturated rings. The van der Waals surface area contributed by atoms with Gasteiger partial charge in [-0.25, -0.2) is 4.79 Å². The van der Waals surface area contributed by atoms with Crippen molar-refractivity contribution in [2.24, 2.45) is 0 Å². The van der Waals surface area contributed by atoms with Gasteiger partial charge in [-0.2, -0.15) is 0 Å². The molecule has 1 aliphatic carbocycles. The number of nitrogens with one attached hydrogen (secondary N) is 1. The Morgan fingerprint density at radius 2 is 1.68 bits per heavy atom. The van der Waals surface area contributed by atoms with Crippen LogP contribution in [-0.2, 0) is 9.59 Å². The molecule has 0 saturated heterocycles. The summed E-state index contributed by atoms with van der Waals surface area (Å²) in [6, 6.07) is 6.93. The molecule has 0 radical (unpaired) electrons. The van der Waals surface area contributed by atoms with Crippen LogP contribution in [0.1, 0.15) is 32.6 Å². The maximum atomic E-state index is 11.9. The predicted octanol–water partition coefficient (Wildman–Crippen LogP) is 1.98. The first-order valence-electron chi connectivity index (χ1n) is 7.46. The second-order valence-electron chi connectivity index (χ2n) is 5.34. The van der Waals surface area contributed by atoms with E-state index in [0.29, 0.717) is 25.2 Å². The first-order valence-corrected chi connectivity index (χ1v) is 7.46. The van der Waals surface area contributed by atoms with Gasteiger partial charge >= 0.3 is 5.97 Å². The maximum Gasteiger partial charge on any atom is 0.329 e. The summed E-state index contributed by atoms with van der Waals surface area (Å²) < 4.78 is 10.7. The standard InChI is InChI=1S/C16H21NO5/c1-2-21-12-5-7-13(8-6-12)22-11-14(18)17-16(15(19)20)9-3-4-10-16/h5-8H,2-4,9-11H2,1H3,(H,17,18)(H,19,20). The van der Waals surface area contributed by atoms with E-state index in [0.717, 1.165) is 18.6 Å². The molecule has 1 aliphatic rings. The van der Waals surface area contributed by atoms with E-state index in [1.807, 2.05) is 6.92 Å².